The quantitative estimate of drug-likeness (QED) is 0.540. The van der Waals surface area contributed by atoms with Crippen molar-refractivity contribution in [3.05, 3.63) is 22.7 Å². The summed E-state index contributed by atoms with van der Waals surface area (Å²) < 4.78 is 11.2. The van der Waals surface area contributed by atoms with E-state index >= 15 is 0 Å². The minimum absolute atomic E-state index is 0.0590. The zero-order valence-corrected chi connectivity index (χ0v) is 16.3. The Hall–Kier alpha value is -1.18. The normalized spacial score (nSPS) is 44.9. The van der Waals surface area contributed by atoms with E-state index in [1.807, 2.05) is 0 Å². The maximum Gasteiger partial charge on any atom is 0.229 e. The predicted octanol–water partition coefficient (Wildman–Crippen LogP) is 4.75. The Kier molecular flexibility index (Phi) is 4.52. The molecule has 0 N–H and O–H groups in total. The van der Waals surface area contributed by atoms with Crippen LogP contribution in [0.5, 0.6) is 0 Å². The van der Waals surface area contributed by atoms with Crippen molar-refractivity contribution in [3.63, 3.8) is 0 Å². The van der Waals surface area contributed by atoms with Gasteiger partial charge in [0.1, 0.15) is 6.79 Å². The van der Waals surface area contributed by atoms with E-state index in [4.69, 9.17) is 16.0 Å². The van der Waals surface area contributed by atoms with Crippen molar-refractivity contribution in [2.45, 2.75) is 71.3 Å². The van der Waals surface area contributed by atoms with Crippen molar-refractivity contribution >= 4 is 5.78 Å². The van der Waals surface area contributed by atoms with Crippen LogP contribution in [0.15, 0.2) is 11.3 Å². The third kappa shape index (κ3) is 2.43. The van der Waals surface area contributed by atoms with Crippen LogP contribution in [0.3, 0.4) is 0 Å². The van der Waals surface area contributed by atoms with Gasteiger partial charge < -0.3 is 14.3 Å². The van der Waals surface area contributed by atoms with Crippen LogP contribution >= 0.6 is 0 Å². The van der Waals surface area contributed by atoms with Crippen molar-refractivity contribution in [2.24, 2.45) is 28.6 Å². The van der Waals surface area contributed by atoms with Gasteiger partial charge in [-0.25, -0.2) is 4.85 Å². The van der Waals surface area contributed by atoms with Gasteiger partial charge in [-0.15, -0.1) is 0 Å². The van der Waals surface area contributed by atoms with Crippen LogP contribution in [0.2, 0.25) is 0 Å². The number of carbonyl (C=O) groups excluding carboxylic acids is 1. The number of allylic oxidation sites excluding steroid dienone is 1. The molecule has 0 amide bonds. The lowest BCUT2D eigenvalue weighted by molar-refractivity contribution is -0.138. The first-order valence-corrected chi connectivity index (χ1v) is 10.2. The molecule has 142 valence electrons. The number of Topliss-reactive ketones (excluding diaryl/α,β-unsaturated/α-hetero) is 1. The molecule has 0 saturated heterocycles. The van der Waals surface area contributed by atoms with E-state index in [0.29, 0.717) is 42.8 Å². The molecule has 0 heterocycles. The summed E-state index contributed by atoms with van der Waals surface area (Å²) in [5.41, 5.74) is 1.99. The van der Waals surface area contributed by atoms with Crippen LogP contribution in [0.1, 0.15) is 65.2 Å². The van der Waals surface area contributed by atoms with Gasteiger partial charge in [-0.2, -0.15) is 0 Å². The van der Waals surface area contributed by atoms with Crippen LogP contribution < -0.4 is 0 Å². The summed E-state index contributed by atoms with van der Waals surface area (Å²) in [6.45, 7) is 12.7. The number of methoxy groups -OCH3 is 1. The molecule has 0 radical (unpaired) electrons. The number of ether oxygens (including phenoxy) is 2. The molecule has 4 heteroatoms. The van der Waals surface area contributed by atoms with Gasteiger partial charge in [0.05, 0.1) is 12.7 Å². The lowest BCUT2D eigenvalue weighted by atomic mass is 9.47. The second kappa shape index (κ2) is 6.46. The number of hydrogen-bond acceptors (Lipinski definition) is 3. The van der Waals surface area contributed by atoms with Crippen LogP contribution in [-0.4, -0.2) is 25.8 Å². The third-order valence-electron chi connectivity index (χ3n) is 8.51. The Balaban J connectivity index is 1.64. The molecule has 4 unspecified atom stereocenters. The van der Waals surface area contributed by atoms with Crippen LogP contribution in [0, 0.1) is 35.2 Å². The Morgan fingerprint density at radius 2 is 1.92 bits per heavy atom. The number of carbonyl (C=O) groups is 1. The molecule has 4 rings (SSSR count). The smallest absolute Gasteiger partial charge is 0.229 e. The minimum Gasteiger partial charge on any atom is -0.359 e. The molecule has 4 aliphatic rings. The maximum atomic E-state index is 12.3. The molecule has 0 aliphatic heterocycles. The highest BCUT2D eigenvalue weighted by atomic mass is 16.7. The highest BCUT2D eigenvalue weighted by molar-refractivity contribution is 5.99. The van der Waals surface area contributed by atoms with Gasteiger partial charge in [-0.05, 0) is 73.5 Å². The first-order valence-electron chi connectivity index (χ1n) is 10.2. The average molecular weight is 357 g/mol. The first kappa shape index (κ1) is 18.2. The van der Waals surface area contributed by atoms with E-state index in [-0.39, 0.29) is 16.6 Å². The molecule has 3 fully saturated rings. The summed E-state index contributed by atoms with van der Waals surface area (Å²) in [5.74, 6) is 2.12. The largest absolute Gasteiger partial charge is 0.359 e. The van der Waals surface area contributed by atoms with E-state index in [1.54, 1.807) is 7.11 Å². The first-order chi connectivity index (χ1) is 12.5. The number of ketones is 1. The number of nitrogens with zero attached hydrogens (tertiary/aromatic N) is 1. The van der Waals surface area contributed by atoms with E-state index < -0.39 is 0 Å². The highest BCUT2D eigenvalue weighted by Gasteiger charge is 2.59. The van der Waals surface area contributed by atoms with Crippen molar-refractivity contribution in [1.82, 2.24) is 0 Å². The summed E-state index contributed by atoms with van der Waals surface area (Å²) in [6, 6.07) is 0. The van der Waals surface area contributed by atoms with E-state index in [1.165, 1.54) is 24.8 Å². The summed E-state index contributed by atoms with van der Waals surface area (Å²) in [6.07, 6.45) is 8.66. The van der Waals surface area contributed by atoms with Crippen LogP contribution in [0.25, 0.3) is 4.85 Å². The zero-order valence-electron chi connectivity index (χ0n) is 16.3. The second-order valence-corrected chi connectivity index (χ2v) is 9.38. The van der Waals surface area contributed by atoms with Crippen molar-refractivity contribution in [3.8, 4) is 0 Å². The van der Waals surface area contributed by atoms with Crippen molar-refractivity contribution in [2.75, 3.05) is 13.9 Å². The Morgan fingerprint density at radius 3 is 2.65 bits per heavy atom. The Morgan fingerprint density at radius 1 is 1.12 bits per heavy atom. The number of fused-ring (bicyclic) bond motifs is 5. The third-order valence-corrected chi connectivity index (χ3v) is 8.51. The van der Waals surface area contributed by atoms with Crippen LogP contribution in [0.4, 0.5) is 0 Å². The lowest BCUT2D eigenvalue weighted by Gasteiger charge is -2.58. The van der Waals surface area contributed by atoms with Crippen molar-refractivity contribution in [1.29, 1.82) is 0 Å². The molecule has 6 atom stereocenters. The molecule has 0 aromatic heterocycles. The van der Waals surface area contributed by atoms with Gasteiger partial charge in [0.25, 0.3) is 0 Å². The maximum absolute atomic E-state index is 12.3. The van der Waals surface area contributed by atoms with Gasteiger partial charge >= 0.3 is 0 Å². The van der Waals surface area contributed by atoms with Gasteiger partial charge in [0.15, 0.2) is 5.78 Å². The van der Waals surface area contributed by atoms with Crippen LogP contribution in [-0.2, 0) is 14.3 Å². The van der Waals surface area contributed by atoms with E-state index in [2.05, 4.69) is 18.7 Å². The van der Waals surface area contributed by atoms with Gasteiger partial charge in [-0.1, -0.05) is 19.4 Å². The number of hydrogen-bond donors (Lipinski definition) is 0. The number of rotatable bonds is 3. The molecule has 3 saturated carbocycles. The fraction of sp³-hybridized carbons (Fsp3) is 0.818. The van der Waals surface area contributed by atoms with E-state index in [9.17, 15) is 4.79 Å². The molecule has 0 bridgehead atoms. The minimum atomic E-state index is 0.0590. The topological polar surface area (TPSA) is 39.9 Å². The molecular weight excluding hydrogens is 326 g/mol. The summed E-state index contributed by atoms with van der Waals surface area (Å²) in [4.78, 5) is 15.9. The summed E-state index contributed by atoms with van der Waals surface area (Å²) in [5, 5.41) is 0. The fourth-order valence-corrected chi connectivity index (χ4v) is 7.19. The van der Waals surface area contributed by atoms with Crippen molar-refractivity contribution < 1.29 is 14.3 Å². The molecule has 0 spiro atoms. The SMILES string of the molecule is [C-]#[N+]C1=C2CCC3C4CCC(OCOC)[C@]4(C)CCC3[C@]2(C)CCC1=O. The average Bonchev–Trinajstić information content (AvgIpc) is 2.97. The predicted molar refractivity (Wildman–Crippen MR) is 99.0 cm³/mol. The monoisotopic (exact) mass is 357 g/mol. The zero-order chi connectivity index (χ0) is 18.5. The highest BCUT2D eigenvalue weighted by Crippen LogP contribution is 2.66. The lowest BCUT2D eigenvalue weighted by Crippen LogP contribution is -2.52. The molecule has 4 nitrogen and oxygen atoms in total. The Bertz CT molecular complexity index is 677. The molecular formula is C22H31NO3. The summed E-state index contributed by atoms with van der Waals surface area (Å²) in [7, 11) is 1.70. The molecule has 0 aromatic rings. The fourth-order valence-electron chi connectivity index (χ4n) is 7.19. The molecule has 0 aromatic carbocycles. The standard InChI is InChI=1S/C22H31NO3/c1-21-12-10-18(24)20(23-3)17(21)6-5-14-15-7-8-19(26-13-25-4)22(15,2)11-9-16(14)21/h14-16,19H,5-13H2,1-2,4H3/t14?,15?,16?,19?,21-,22+/m0/s1. The summed E-state index contributed by atoms with van der Waals surface area (Å²) >= 11 is 0. The van der Waals surface area contributed by atoms with Gasteiger partial charge in [0, 0.05) is 13.5 Å². The second-order valence-electron chi connectivity index (χ2n) is 9.38. The van der Waals surface area contributed by atoms with Gasteiger partial charge in [-0.3, -0.25) is 0 Å². The molecule has 4 aliphatic carbocycles. The Labute approximate surface area is 157 Å². The molecule has 26 heavy (non-hydrogen) atoms. The van der Waals surface area contributed by atoms with Gasteiger partial charge in [0.2, 0.25) is 5.70 Å². The van der Waals surface area contributed by atoms with E-state index in [0.717, 1.165) is 25.7 Å².